The molecule has 0 aliphatic heterocycles. The highest BCUT2D eigenvalue weighted by atomic mass is 16.5. The van der Waals surface area contributed by atoms with Gasteiger partial charge in [-0.25, -0.2) is 0 Å². The Labute approximate surface area is 131 Å². The van der Waals surface area contributed by atoms with Crippen molar-refractivity contribution in [2.45, 2.75) is 65.2 Å². The molecule has 0 aliphatic carbocycles. The van der Waals surface area contributed by atoms with Gasteiger partial charge in [0.15, 0.2) is 0 Å². The first-order valence-corrected chi connectivity index (χ1v) is 8.54. The quantitative estimate of drug-likeness (QED) is 0.584. The van der Waals surface area contributed by atoms with E-state index in [1.54, 1.807) is 0 Å². The highest BCUT2D eigenvalue weighted by Crippen LogP contribution is 2.28. The van der Waals surface area contributed by atoms with Crippen molar-refractivity contribution in [3.05, 3.63) is 29.8 Å². The minimum atomic E-state index is 0.255. The van der Waals surface area contributed by atoms with Crippen LogP contribution in [-0.4, -0.2) is 19.7 Å². The maximum atomic E-state index is 5.82. The Morgan fingerprint density at radius 1 is 0.952 bits per heavy atom. The number of ether oxygens (including phenoxy) is 1. The van der Waals surface area contributed by atoms with Gasteiger partial charge in [-0.05, 0) is 55.5 Å². The molecule has 1 aromatic carbocycles. The molecule has 0 unspecified atom stereocenters. The molecule has 0 amide bonds. The Morgan fingerprint density at radius 3 is 2.24 bits per heavy atom. The summed E-state index contributed by atoms with van der Waals surface area (Å²) in [7, 11) is 0. The molecule has 21 heavy (non-hydrogen) atoms. The van der Waals surface area contributed by atoms with Crippen LogP contribution in [0.4, 0.5) is 0 Å². The normalized spacial score (nSPS) is 11.6. The van der Waals surface area contributed by atoms with Gasteiger partial charge in [-0.2, -0.15) is 0 Å². The van der Waals surface area contributed by atoms with E-state index < -0.39 is 0 Å². The summed E-state index contributed by atoms with van der Waals surface area (Å²) >= 11 is 0. The third-order valence-electron chi connectivity index (χ3n) is 4.29. The van der Waals surface area contributed by atoms with Crippen molar-refractivity contribution in [1.29, 1.82) is 0 Å². The number of nitrogens with one attached hydrogen (secondary N) is 1. The Bertz CT molecular complexity index is 370. The molecular formula is C19H33NO. The number of unbranched alkanes of at least 4 members (excludes halogenated alkanes) is 3. The van der Waals surface area contributed by atoms with E-state index in [4.69, 9.17) is 4.74 Å². The molecule has 0 aliphatic rings. The van der Waals surface area contributed by atoms with Crippen molar-refractivity contribution in [1.82, 2.24) is 5.32 Å². The fourth-order valence-electron chi connectivity index (χ4n) is 2.28. The highest BCUT2D eigenvalue weighted by Gasteiger charge is 2.17. The van der Waals surface area contributed by atoms with E-state index in [0.29, 0.717) is 0 Å². The van der Waals surface area contributed by atoms with Gasteiger partial charge < -0.3 is 10.1 Å². The first-order valence-electron chi connectivity index (χ1n) is 8.54. The van der Waals surface area contributed by atoms with Gasteiger partial charge in [0.05, 0.1) is 6.61 Å². The lowest BCUT2D eigenvalue weighted by Gasteiger charge is -2.23. The van der Waals surface area contributed by atoms with Crippen LogP contribution < -0.4 is 10.1 Å². The summed E-state index contributed by atoms with van der Waals surface area (Å²) in [5.41, 5.74) is 1.64. The van der Waals surface area contributed by atoms with Crippen molar-refractivity contribution in [2.24, 2.45) is 0 Å². The molecular weight excluding hydrogens is 258 g/mol. The number of hydrogen-bond acceptors (Lipinski definition) is 2. The van der Waals surface area contributed by atoms with Crippen LogP contribution in [0.25, 0.3) is 0 Å². The fourth-order valence-corrected chi connectivity index (χ4v) is 2.28. The average Bonchev–Trinajstić information content (AvgIpc) is 2.50. The van der Waals surface area contributed by atoms with Crippen LogP contribution in [-0.2, 0) is 5.41 Å². The summed E-state index contributed by atoms with van der Waals surface area (Å²) in [6.07, 6.45) is 6.12. The maximum absolute atomic E-state index is 5.82. The zero-order chi connectivity index (χ0) is 15.6. The van der Waals surface area contributed by atoms with Crippen LogP contribution in [0.3, 0.4) is 0 Å². The zero-order valence-electron chi connectivity index (χ0n) is 14.4. The van der Waals surface area contributed by atoms with Crippen LogP contribution in [0, 0.1) is 0 Å². The fraction of sp³-hybridized carbons (Fsp3) is 0.684. The van der Waals surface area contributed by atoms with Crippen LogP contribution >= 0.6 is 0 Å². The molecule has 0 saturated carbocycles. The van der Waals surface area contributed by atoms with Gasteiger partial charge in [-0.1, -0.05) is 52.7 Å². The molecule has 0 saturated heterocycles. The molecule has 0 radical (unpaired) electrons. The smallest absolute Gasteiger partial charge is 0.119 e. The number of hydrogen-bond donors (Lipinski definition) is 1. The van der Waals surface area contributed by atoms with Crippen molar-refractivity contribution in [2.75, 3.05) is 19.7 Å². The standard InChI is InChI=1S/C19H33NO/c1-5-19(3,4)17-11-13-18(14-12-17)21-16-10-8-7-9-15-20-6-2/h11-14,20H,5-10,15-16H2,1-4H3. The van der Waals surface area contributed by atoms with E-state index in [1.807, 2.05) is 0 Å². The summed E-state index contributed by atoms with van der Waals surface area (Å²) in [4.78, 5) is 0. The molecule has 0 spiro atoms. The SMILES string of the molecule is CCNCCCCCCOc1ccc(C(C)(C)CC)cc1. The third kappa shape index (κ3) is 6.99. The highest BCUT2D eigenvalue weighted by molar-refractivity contribution is 5.31. The molecule has 1 N–H and O–H groups in total. The maximum Gasteiger partial charge on any atom is 0.119 e. The molecule has 2 heteroatoms. The summed E-state index contributed by atoms with van der Waals surface area (Å²) < 4.78 is 5.82. The van der Waals surface area contributed by atoms with Gasteiger partial charge in [0.2, 0.25) is 0 Å². The second-order valence-corrected chi connectivity index (χ2v) is 6.38. The Hall–Kier alpha value is -1.02. The van der Waals surface area contributed by atoms with Gasteiger partial charge in [-0.3, -0.25) is 0 Å². The van der Waals surface area contributed by atoms with Crippen LogP contribution in [0.2, 0.25) is 0 Å². The predicted molar refractivity (Wildman–Crippen MR) is 92.3 cm³/mol. The van der Waals surface area contributed by atoms with Crippen molar-refractivity contribution >= 4 is 0 Å². The first kappa shape index (κ1) is 18.0. The first-order chi connectivity index (χ1) is 10.1. The molecule has 2 nitrogen and oxygen atoms in total. The zero-order valence-corrected chi connectivity index (χ0v) is 14.4. The summed E-state index contributed by atoms with van der Waals surface area (Å²) in [5.74, 6) is 0.998. The Morgan fingerprint density at radius 2 is 1.62 bits per heavy atom. The van der Waals surface area contributed by atoms with Crippen LogP contribution in [0.15, 0.2) is 24.3 Å². The molecule has 0 atom stereocenters. The topological polar surface area (TPSA) is 21.3 Å². The van der Waals surface area contributed by atoms with Crippen molar-refractivity contribution in [3.63, 3.8) is 0 Å². The Kier molecular flexibility index (Phi) is 8.44. The molecule has 1 rings (SSSR count). The van der Waals surface area contributed by atoms with Gasteiger partial charge in [0.25, 0.3) is 0 Å². The molecule has 0 bridgehead atoms. The van der Waals surface area contributed by atoms with E-state index in [1.165, 1.54) is 24.8 Å². The molecule has 1 aromatic rings. The van der Waals surface area contributed by atoms with E-state index >= 15 is 0 Å². The predicted octanol–water partition coefficient (Wildman–Crippen LogP) is 4.92. The lowest BCUT2D eigenvalue weighted by molar-refractivity contribution is 0.304. The minimum absolute atomic E-state index is 0.255. The largest absolute Gasteiger partial charge is 0.494 e. The third-order valence-corrected chi connectivity index (χ3v) is 4.29. The second kappa shape index (κ2) is 9.83. The van der Waals surface area contributed by atoms with E-state index in [0.717, 1.165) is 38.3 Å². The van der Waals surface area contributed by atoms with Gasteiger partial charge in [0.1, 0.15) is 5.75 Å². The minimum Gasteiger partial charge on any atom is -0.494 e. The lowest BCUT2D eigenvalue weighted by atomic mass is 9.82. The number of rotatable bonds is 11. The average molecular weight is 291 g/mol. The van der Waals surface area contributed by atoms with E-state index in [2.05, 4.69) is 57.3 Å². The molecule has 0 fully saturated rings. The summed E-state index contributed by atoms with van der Waals surface area (Å²) in [6, 6.07) is 8.63. The monoisotopic (exact) mass is 291 g/mol. The summed E-state index contributed by atoms with van der Waals surface area (Å²) in [6.45, 7) is 12.0. The van der Waals surface area contributed by atoms with Gasteiger partial charge in [0, 0.05) is 0 Å². The second-order valence-electron chi connectivity index (χ2n) is 6.38. The Balaban J connectivity index is 2.18. The number of benzene rings is 1. The molecule has 0 aromatic heterocycles. The van der Waals surface area contributed by atoms with Gasteiger partial charge >= 0.3 is 0 Å². The summed E-state index contributed by atoms with van der Waals surface area (Å²) in [5, 5.41) is 3.36. The van der Waals surface area contributed by atoms with E-state index in [-0.39, 0.29) is 5.41 Å². The van der Waals surface area contributed by atoms with E-state index in [9.17, 15) is 0 Å². The van der Waals surface area contributed by atoms with Crippen molar-refractivity contribution in [3.8, 4) is 5.75 Å². The van der Waals surface area contributed by atoms with Gasteiger partial charge in [-0.15, -0.1) is 0 Å². The lowest BCUT2D eigenvalue weighted by Crippen LogP contribution is -2.15. The van der Waals surface area contributed by atoms with Crippen LogP contribution in [0.5, 0.6) is 5.75 Å². The molecule has 120 valence electrons. The van der Waals surface area contributed by atoms with Crippen molar-refractivity contribution < 1.29 is 4.74 Å². The molecule has 0 heterocycles. The van der Waals surface area contributed by atoms with Crippen LogP contribution in [0.1, 0.15) is 65.4 Å².